The predicted molar refractivity (Wildman–Crippen MR) is 114 cm³/mol. The minimum Gasteiger partial charge on any atom is -0.0798 e. The zero-order valence-electron chi connectivity index (χ0n) is 17.4. The lowest BCUT2D eigenvalue weighted by molar-refractivity contribution is 1.30. The molecule has 0 aromatic rings. The van der Waals surface area contributed by atoms with Gasteiger partial charge in [-0.05, 0) is 48.0 Å². The van der Waals surface area contributed by atoms with Crippen molar-refractivity contribution in [2.45, 2.75) is 81.1 Å². The second-order valence-corrected chi connectivity index (χ2v) is 4.53. The molecule has 0 fully saturated rings. The highest BCUT2D eigenvalue weighted by atomic mass is 14.1. The maximum absolute atomic E-state index is 2.23. The molecule has 0 radical (unpaired) electrons. The van der Waals surface area contributed by atoms with E-state index in [2.05, 4.69) is 48.6 Å². The Morgan fingerprint density at radius 1 is 0.375 bits per heavy atom. The standard InChI is InChI=1S/2C8H8.4C2H6/c2*1-3-7-5-2-6-8(7)4-1;4*1-2/h2*1-3,6H,4-5H2;4*1-2H3. The molecule has 0 nitrogen and oxygen atoms in total. The van der Waals surface area contributed by atoms with E-state index in [4.69, 9.17) is 0 Å². The second kappa shape index (κ2) is 17.8. The van der Waals surface area contributed by atoms with Crippen molar-refractivity contribution in [2.24, 2.45) is 0 Å². The van der Waals surface area contributed by atoms with Crippen LogP contribution in [0.4, 0.5) is 0 Å². The van der Waals surface area contributed by atoms with Gasteiger partial charge in [-0.3, -0.25) is 0 Å². The van der Waals surface area contributed by atoms with E-state index in [1.807, 2.05) is 55.4 Å². The normalized spacial score (nSPS) is 16.3. The first kappa shape index (κ1) is 24.7. The summed E-state index contributed by atoms with van der Waals surface area (Å²) in [4.78, 5) is 0. The van der Waals surface area contributed by atoms with Gasteiger partial charge in [-0.25, -0.2) is 0 Å². The molecule has 0 heteroatoms. The third-order valence-electron chi connectivity index (χ3n) is 3.45. The van der Waals surface area contributed by atoms with Crippen molar-refractivity contribution in [2.75, 3.05) is 0 Å². The van der Waals surface area contributed by atoms with E-state index < -0.39 is 0 Å². The highest BCUT2D eigenvalue weighted by Crippen LogP contribution is 2.28. The van der Waals surface area contributed by atoms with Gasteiger partial charge in [-0.1, -0.05) is 104 Å². The lowest BCUT2D eigenvalue weighted by atomic mass is 10.2. The zero-order valence-corrected chi connectivity index (χ0v) is 17.4. The van der Waals surface area contributed by atoms with Crippen LogP contribution >= 0.6 is 0 Å². The fraction of sp³-hybridized carbons (Fsp3) is 0.500. The van der Waals surface area contributed by atoms with Gasteiger partial charge in [0.25, 0.3) is 0 Å². The number of hydrogen-bond acceptors (Lipinski definition) is 0. The third kappa shape index (κ3) is 8.34. The van der Waals surface area contributed by atoms with Crippen molar-refractivity contribution in [3.05, 3.63) is 70.9 Å². The van der Waals surface area contributed by atoms with Gasteiger partial charge in [0.2, 0.25) is 0 Å². The van der Waals surface area contributed by atoms with E-state index in [1.165, 1.54) is 48.0 Å². The van der Waals surface area contributed by atoms with Gasteiger partial charge in [0.15, 0.2) is 0 Å². The van der Waals surface area contributed by atoms with Crippen LogP contribution in [-0.2, 0) is 0 Å². The molecule has 24 heavy (non-hydrogen) atoms. The predicted octanol–water partition coefficient (Wildman–Crippen LogP) is 8.51. The van der Waals surface area contributed by atoms with Crippen LogP contribution in [0.25, 0.3) is 0 Å². The highest BCUT2D eigenvalue weighted by Gasteiger charge is 2.08. The molecule has 0 heterocycles. The zero-order chi connectivity index (χ0) is 18.8. The van der Waals surface area contributed by atoms with Crippen LogP contribution in [0.2, 0.25) is 0 Å². The molecule has 0 N–H and O–H groups in total. The number of rotatable bonds is 0. The van der Waals surface area contributed by atoms with Crippen molar-refractivity contribution < 1.29 is 0 Å². The quantitative estimate of drug-likeness (QED) is 0.418. The van der Waals surface area contributed by atoms with Crippen molar-refractivity contribution in [3.8, 4) is 0 Å². The van der Waals surface area contributed by atoms with E-state index in [0.717, 1.165) is 0 Å². The van der Waals surface area contributed by atoms with E-state index in [9.17, 15) is 0 Å². The average molecular weight is 329 g/mol. The summed E-state index contributed by atoms with van der Waals surface area (Å²) in [6.07, 6.45) is 22.5. The molecule has 0 saturated heterocycles. The molecule has 136 valence electrons. The number of hydrogen-bond donors (Lipinski definition) is 0. The van der Waals surface area contributed by atoms with Gasteiger partial charge in [-0.2, -0.15) is 0 Å². The summed E-state index contributed by atoms with van der Waals surface area (Å²) in [7, 11) is 0. The monoisotopic (exact) mass is 328 g/mol. The fourth-order valence-corrected chi connectivity index (χ4v) is 2.54. The van der Waals surface area contributed by atoms with Crippen LogP contribution in [0.3, 0.4) is 0 Å². The molecular formula is C24H40. The Hall–Kier alpha value is -1.56. The summed E-state index contributed by atoms with van der Waals surface area (Å²) in [5.74, 6) is 0. The van der Waals surface area contributed by atoms with E-state index in [0.29, 0.717) is 0 Å². The van der Waals surface area contributed by atoms with Gasteiger partial charge in [0.05, 0.1) is 0 Å². The van der Waals surface area contributed by atoms with Crippen LogP contribution in [0.1, 0.15) is 81.1 Å². The molecule has 0 spiro atoms. The van der Waals surface area contributed by atoms with Crippen LogP contribution in [0.5, 0.6) is 0 Å². The van der Waals surface area contributed by atoms with E-state index >= 15 is 0 Å². The Morgan fingerprint density at radius 3 is 0.708 bits per heavy atom. The van der Waals surface area contributed by atoms with Gasteiger partial charge < -0.3 is 0 Å². The Bertz CT molecular complexity index is 386. The summed E-state index contributed by atoms with van der Waals surface area (Å²) < 4.78 is 0. The number of allylic oxidation sites excluding steroid dienone is 12. The Morgan fingerprint density at radius 2 is 0.542 bits per heavy atom. The van der Waals surface area contributed by atoms with E-state index in [1.54, 1.807) is 0 Å². The first-order chi connectivity index (χ1) is 11.9. The summed E-state index contributed by atoms with van der Waals surface area (Å²) in [6.45, 7) is 16.0. The molecular weight excluding hydrogens is 288 g/mol. The van der Waals surface area contributed by atoms with Gasteiger partial charge in [0.1, 0.15) is 0 Å². The van der Waals surface area contributed by atoms with Gasteiger partial charge in [0, 0.05) is 0 Å². The Labute approximate surface area is 152 Å². The molecule has 0 atom stereocenters. The van der Waals surface area contributed by atoms with Crippen molar-refractivity contribution in [1.82, 2.24) is 0 Å². The first-order valence-corrected chi connectivity index (χ1v) is 10.0. The van der Waals surface area contributed by atoms with Crippen molar-refractivity contribution in [1.29, 1.82) is 0 Å². The Balaban J connectivity index is 0. The van der Waals surface area contributed by atoms with Crippen LogP contribution in [-0.4, -0.2) is 0 Å². The Kier molecular flexibility index (Phi) is 18.3. The molecule has 0 saturated carbocycles. The van der Waals surface area contributed by atoms with E-state index in [-0.39, 0.29) is 0 Å². The minimum atomic E-state index is 1.17. The van der Waals surface area contributed by atoms with Gasteiger partial charge >= 0.3 is 0 Å². The molecule has 0 aromatic carbocycles. The SMILES string of the molecule is C1=CC2=C(C=CC2)C1.C1=CC2=C(C=CC2)C1.CC.CC.CC.CC. The van der Waals surface area contributed by atoms with Crippen molar-refractivity contribution >= 4 is 0 Å². The maximum Gasteiger partial charge on any atom is -0.00915 e. The molecule has 0 aliphatic heterocycles. The lowest BCUT2D eigenvalue weighted by Gasteiger charge is -1.86. The van der Waals surface area contributed by atoms with Gasteiger partial charge in [-0.15, -0.1) is 0 Å². The summed E-state index contributed by atoms with van der Waals surface area (Å²) in [5, 5.41) is 0. The van der Waals surface area contributed by atoms with Crippen LogP contribution in [0, 0.1) is 0 Å². The minimum absolute atomic E-state index is 1.17. The summed E-state index contributed by atoms with van der Waals surface area (Å²) in [6, 6.07) is 0. The average Bonchev–Trinajstić information content (AvgIpc) is 3.43. The fourth-order valence-electron chi connectivity index (χ4n) is 2.54. The largest absolute Gasteiger partial charge is 0.0798 e. The molecule has 0 amide bonds. The molecule has 4 rings (SSSR count). The molecule has 4 aliphatic carbocycles. The highest BCUT2D eigenvalue weighted by molar-refractivity contribution is 5.46. The summed E-state index contributed by atoms with van der Waals surface area (Å²) >= 11 is 0. The molecule has 0 bridgehead atoms. The maximum atomic E-state index is 2.23. The van der Waals surface area contributed by atoms with Crippen LogP contribution < -0.4 is 0 Å². The first-order valence-electron chi connectivity index (χ1n) is 10.0. The smallest absolute Gasteiger partial charge is 0.00915 e. The molecule has 4 aliphatic rings. The topological polar surface area (TPSA) is 0 Å². The lowest BCUT2D eigenvalue weighted by Crippen LogP contribution is -1.67. The van der Waals surface area contributed by atoms with Crippen molar-refractivity contribution in [3.63, 3.8) is 0 Å². The summed E-state index contributed by atoms with van der Waals surface area (Å²) in [5.41, 5.74) is 6.13. The third-order valence-corrected chi connectivity index (χ3v) is 3.45. The van der Waals surface area contributed by atoms with Crippen LogP contribution in [0.15, 0.2) is 70.9 Å². The molecule has 0 unspecified atom stereocenters. The second-order valence-electron chi connectivity index (χ2n) is 4.53. The molecule has 0 aromatic heterocycles.